The van der Waals surface area contributed by atoms with Crippen molar-refractivity contribution in [1.82, 2.24) is 9.88 Å². The maximum atomic E-state index is 12.4. The van der Waals surface area contributed by atoms with Crippen molar-refractivity contribution >= 4 is 11.7 Å². The summed E-state index contributed by atoms with van der Waals surface area (Å²) in [5.41, 5.74) is 1.99. The Bertz CT molecular complexity index is 613. The summed E-state index contributed by atoms with van der Waals surface area (Å²) in [7, 11) is 1.64. The first kappa shape index (κ1) is 13.4. The summed E-state index contributed by atoms with van der Waals surface area (Å²) >= 11 is 0. The molecule has 0 atom stereocenters. The molecule has 0 bridgehead atoms. The normalized spacial score (nSPS) is 14.6. The predicted molar refractivity (Wildman–Crippen MR) is 80.4 cm³/mol. The van der Waals surface area contributed by atoms with Crippen molar-refractivity contribution in [1.29, 1.82) is 0 Å². The lowest BCUT2D eigenvalue weighted by molar-refractivity contribution is 0.219. The Labute approximate surface area is 123 Å². The Hall–Kier alpha value is -2.56. The van der Waals surface area contributed by atoms with Gasteiger partial charge in [-0.2, -0.15) is 0 Å². The molecule has 5 nitrogen and oxygen atoms in total. The van der Waals surface area contributed by atoms with Crippen LogP contribution in [0.5, 0.6) is 5.75 Å². The van der Waals surface area contributed by atoms with Gasteiger partial charge in [0.15, 0.2) is 0 Å². The predicted octanol–water partition coefficient (Wildman–Crippen LogP) is 2.53. The monoisotopic (exact) mass is 283 g/mol. The van der Waals surface area contributed by atoms with Crippen molar-refractivity contribution < 1.29 is 9.53 Å². The van der Waals surface area contributed by atoms with E-state index in [4.69, 9.17) is 4.74 Å². The molecule has 0 spiro atoms. The third-order valence-electron chi connectivity index (χ3n) is 3.60. The first-order valence-corrected chi connectivity index (χ1v) is 6.87. The van der Waals surface area contributed by atoms with Crippen LogP contribution in [0.3, 0.4) is 0 Å². The van der Waals surface area contributed by atoms with Crippen LogP contribution in [0.25, 0.3) is 0 Å². The number of nitrogens with zero attached hydrogens (tertiary/aromatic N) is 3. The number of amides is 2. The van der Waals surface area contributed by atoms with Crippen LogP contribution >= 0.6 is 0 Å². The van der Waals surface area contributed by atoms with Crippen LogP contribution in [0, 0.1) is 0 Å². The van der Waals surface area contributed by atoms with E-state index in [1.807, 2.05) is 41.3 Å². The first-order chi connectivity index (χ1) is 10.3. The minimum atomic E-state index is 0.0389. The molecule has 0 aliphatic carbocycles. The van der Waals surface area contributed by atoms with Gasteiger partial charge in [-0.3, -0.25) is 9.88 Å². The number of ether oxygens (including phenoxy) is 1. The number of pyridine rings is 1. The van der Waals surface area contributed by atoms with Gasteiger partial charge in [0.05, 0.1) is 7.11 Å². The molecule has 1 aliphatic rings. The molecule has 0 unspecified atom stereocenters. The lowest BCUT2D eigenvalue weighted by Crippen LogP contribution is -2.31. The average molecular weight is 283 g/mol. The number of carbonyl (C=O) groups excluding carboxylic acids is 1. The Balaban J connectivity index is 1.69. The molecule has 5 heteroatoms. The van der Waals surface area contributed by atoms with Crippen molar-refractivity contribution in [2.24, 2.45) is 0 Å². The quantitative estimate of drug-likeness (QED) is 0.866. The van der Waals surface area contributed by atoms with E-state index in [1.54, 1.807) is 24.4 Å². The number of hydrogen-bond acceptors (Lipinski definition) is 3. The second-order valence-electron chi connectivity index (χ2n) is 4.91. The van der Waals surface area contributed by atoms with Crippen LogP contribution < -0.4 is 9.64 Å². The molecule has 1 fully saturated rings. The first-order valence-electron chi connectivity index (χ1n) is 6.87. The smallest absolute Gasteiger partial charge is 0.324 e. The molecule has 0 N–H and O–H groups in total. The highest BCUT2D eigenvalue weighted by molar-refractivity contribution is 5.93. The van der Waals surface area contributed by atoms with Crippen LogP contribution in [-0.2, 0) is 6.54 Å². The van der Waals surface area contributed by atoms with Crippen LogP contribution in [0.1, 0.15) is 5.56 Å². The molecule has 21 heavy (non-hydrogen) atoms. The number of hydrogen-bond donors (Lipinski definition) is 0. The lowest BCUT2D eigenvalue weighted by Gasteiger charge is -2.18. The fourth-order valence-electron chi connectivity index (χ4n) is 2.44. The zero-order valence-corrected chi connectivity index (χ0v) is 11.9. The summed E-state index contributed by atoms with van der Waals surface area (Å²) in [6, 6.07) is 11.6. The summed E-state index contributed by atoms with van der Waals surface area (Å²) in [6.07, 6.45) is 3.41. The molecule has 0 saturated carbocycles. The standard InChI is InChI=1S/C16H17N3O2/c1-21-15-4-2-13(3-5-15)12-18-10-11-19(16(18)20)14-6-8-17-9-7-14/h2-9H,10-12H2,1H3. The molecular weight excluding hydrogens is 266 g/mol. The molecule has 1 aromatic heterocycles. The lowest BCUT2D eigenvalue weighted by atomic mass is 10.2. The van der Waals surface area contributed by atoms with Gasteiger partial charge in [0, 0.05) is 37.7 Å². The largest absolute Gasteiger partial charge is 0.497 e. The second kappa shape index (κ2) is 5.83. The Morgan fingerprint density at radius 3 is 2.48 bits per heavy atom. The molecule has 1 aromatic carbocycles. The van der Waals surface area contributed by atoms with E-state index < -0.39 is 0 Å². The minimum Gasteiger partial charge on any atom is -0.497 e. The maximum absolute atomic E-state index is 12.4. The third kappa shape index (κ3) is 2.81. The second-order valence-corrected chi connectivity index (χ2v) is 4.91. The van der Waals surface area contributed by atoms with Crippen molar-refractivity contribution in [2.75, 3.05) is 25.1 Å². The maximum Gasteiger partial charge on any atom is 0.324 e. The van der Waals surface area contributed by atoms with Gasteiger partial charge in [0.1, 0.15) is 5.75 Å². The van der Waals surface area contributed by atoms with Gasteiger partial charge in [-0.25, -0.2) is 4.79 Å². The Kier molecular flexibility index (Phi) is 3.73. The summed E-state index contributed by atoms with van der Waals surface area (Å²) in [5, 5.41) is 0. The van der Waals surface area contributed by atoms with Gasteiger partial charge in [0.25, 0.3) is 0 Å². The van der Waals surface area contributed by atoms with E-state index in [2.05, 4.69) is 4.98 Å². The fourth-order valence-corrected chi connectivity index (χ4v) is 2.44. The summed E-state index contributed by atoms with van der Waals surface area (Å²) in [4.78, 5) is 20.1. The molecule has 0 radical (unpaired) electrons. The molecule has 1 saturated heterocycles. The third-order valence-corrected chi connectivity index (χ3v) is 3.60. The summed E-state index contributed by atoms with van der Waals surface area (Å²) < 4.78 is 5.14. The number of rotatable bonds is 4. The molecule has 3 rings (SSSR count). The number of aromatic nitrogens is 1. The van der Waals surface area contributed by atoms with Gasteiger partial charge in [0.2, 0.25) is 0 Å². The van der Waals surface area contributed by atoms with E-state index >= 15 is 0 Å². The van der Waals surface area contributed by atoms with Gasteiger partial charge in [-0.1, -0.05) is 12.1 Å². The molecule has 108 valence electrons. The highest BCUT2D eigenvalue weighted by atomic mass is 16.5. The number of urea groups is 1. The van der Waals surface area contributed by atoms with Crippen molar-refractivity contribution in [2.45, 2.75) is 6.54 Å². The van der Waals surface area contributed by atoms with E-state index in [-0.39, 0.29) is 6.03 Å². The zero-order valence-electron chi connectivity index (χ0n) is 11.9. The van der Waals surface area contributed by atoms with E-state index in [1.165, 1.54) is 0 Å². The van der Waals surface area contributed by atoms with Gasteiger partial charge in [-0.05, 0) is 29.8 Å². The number of carbonyl (C=O) groups is 1. The van der Waals surface area contributed by atoms with Crippen LogP contribution in [0.15, 0.2) is 48.8 Å². The topological polar surface area (TPSA) is 45.7 Å². The van der Waals surface area contributed by atoms with Gasteiger partial charge in [-0.15, -0.1) is 0 Å². The Morgan fingerprint density at radius 2 is 1.81 bits per heavy atom. The number of anilines is 1. The van der Waals surface area contributed by atoms with E-state index in [0.29, 0.717) is 13.1 Å². The molecule has 1 aliphatic heterocycles. The van der Waals surface area contributed by atoms with Gasteiger partial charge < -0.3 is 9.64 Å². The summed E-state index contributed by atoms with van der Waals surface area (Å²) in [6.45, 7) is 2.05. The fraction of sp³-hybridized carbons (Fsp3) is 0.250. The van der Waals surface area contributed by atoms with E-state index in [9.17, 15) is 4.79 Å². The molecular formula is C16H17N3O2. The van der Waals surface area contributed by atoms with Gasteiger partial charge >= 0.3 is 6.03 Å². The number of methoxy groups -OCH3 is 1. The van der Waals surface area contributed by atoms with Crippen molar-refractivity contribution in [3.8, 4) is 5.75 Å². The number of benzene rings is 1. The van der Waals surface area contributed by atoms with Crippen molar-refractivity contribution in [3.63, 3.8) is 0 Å². The van der Waals surface area contributed by atoms with Crippen LogP contribution in [-0.4, -0.2) is 36.1 Å². The molecule has 2 amide bonds. The van der Waals surface area contributed by atoms with Crippen LogP contribution in [0.4, 0.5) is 10.5 Å². The minimum absolute atomic E-state index is 0.0389. The summed E-state index contributed by atoms with van der Waals surface area (Å²) in [5.74, 6) is 0.824. The van der Waals surface area contributed by atoms with E-state index in [0.717, 1.165) is 23.5 Å². The zero-order chi connectivity index (χ0) is 14.7. The highest BCUT2D eigenvalue weighted by Crippen LogP contribution is 2.21. The molecule has 2 heterocycles. The van der Waals surface area contributed by atoms with Crippen molar-refractivity contribution in [3.05, 3.63) is 54.4 Å². The molecule has 2 aromatic rings. The van der Waals surface area contributed by atoms with Crippen LogP contribution in [0.2, 0.25) is 0 Å². The highest BCUT2D eigenvalue weighted by Gasteiger charge is 2.29. The Morgan fingerprint density at radius 1 is 1.10 bits per heavy atom. The average Bonchev–Trinajstić information content (AvgIpc) is 2.90. The SMILES string of the molecule is COc1ccc(CN2CCN(c3ccncc3)C2=O)cc1.